The molecule has 0 bridgehead atoms. The molecule has 0 aliphatic rings. The lowest BCUT2D eigenvalue weighted by atomic mass is 10.0. The number of aromatic nitrogens is 5. The maximum Gasteiger partial charge on any atom is 0.240 e. The lowest BCUT2D eigenvalue weighted by Gasteiger charge is -2.17. The van der Waals surface area contributed by atoms with Crippen molar-refractivity contribution in [1.29, 1.82) is 0 Å². The zero-order valence-electron chi connectivity index (χ0n) is 20.1. The normalized spacial score (nSPS) is 11.7. The van der Waals surface area contributed by atoms with Crippen LogP contribution in [0, 0.1) is 19.7 Å². The summed E-state index contributed by atoms with van der Waals surface area (Å²) < 4.78 is 46.3. The monoisotopic (exact) mass is 536 g/mol. The number of aryl methyl sites for hydroxylation is 2. The van der Waals surface area contributed by atoms with Crippen LogP contribution in [-0.2, 0) is 10.0 Å². The second kappa shape index (κ2) is 9.55. The van der Waals surface area contributed by atoms with E-state index in [0.717, 1.165) is 11.3 Å². The van der Waals surface area contributed by atoms with Crippen LogP contribution in [0.15, 0.2) is 78.0 Å². The molecule has 188 valence electrons. The van der Waals surface area contributed by atoms with Gasteiger partial charge in [-0.2, -0.15) is 0 Å². The van der Waals surface area contributed by atoms with Crippen LogP contribution in [-0.4, -0.2) is 40.0 Å². The van der Waals surface area contributed by atoms with Gasteiger partial charge in [0.05, 0.1) is 28.2 Å². The van der Waals surface area contributed by atoms with Crippen LogP contribution in [0.3, 0.4) is 0 Å². The first-order valence-electron chi connectivity index (χ1n) is 11.3. The first kappa shape index (κ1) is 24.8. The van der Waals surface area contributed by atoms with E-state index >= 15 is 4.39 Å². The van der Waals surface area contributed by atoms with Crippen LogP contribution in [0.2, 0.25) is 5.02 Å². The Morgan fingerprint density at radius 1 is 0.973 bits per heavy atom. The van der Waals surface area contributed by atoms with E-state index in [0.29, 0.717) is 33.4 Å². The zero-order valence-corrected chi connectivity index (χ0v) is 21.7. The molecule has 0 radical (unpaired) electrons. The summed E-state index contributed by atoms with van der Waals surface area (Å²) in [5.74, 6) is 0.0631. The van der Waals surface area contributed by atoms with E-state index in [4.69, 9.17) is 11.6 Å². The van der Waals surface area contributed by atoms with Crippen molar-refractivity contribution in [3.8, 4) is 33.8 Å². The highest BCUT2D eigenvalue weighted by atomic mass is 35.5. The highest BCUT2D eigenvalue weighted by molar-refractivity contribution is 7.89. The summed E-state index contributed by atoms with van der Waals surface area (Å²) in [6.45, 7) is 3.62. The standard InChI is InChI=1S/C26H22ClFN6O2S/c1-16-15-33(17(2)31-16)26-23(28)12-20(19-5-4-6-22(11-19)37(35,36)29-3)13-24(26)34-25(14-30-32-34)18-7-9-21(27)10-8-18/h4-15,29H,1-3H3. The van der Waals surface area contributed by atoms with Crippen molar-refractivity contribution >= 4 is 21.6 Å². The van der Waals surface area contributed by atoms with Crippen molar-refractivity contribution in [3.63, 3.8) is 0 Å². The lowest BCUT2D eigenvalue weighted by molar-refractivity contribution is 0.588. The average molecular weight is 537 g/mol. The van der Waals surface area contributed by atoms with Crippen LogP contribution >= 0.6 is 11.6 Å². The molecule has 2 aromatic heterocycles. The minimum Gasteiger partial charge on any atom is -0.299 e. The molecule has 11 heteroatoms. The summed E-state index contributed by atoms with van der Waals surface area (Å²) >= 11 is 6.07. The molecule has 8 nitrogen and oxygen atoms in total. The first-order valence-corrected chi connectivity index (χ1v) is 13.1. The summed E-state index contributed by atoms with van der Waals surface area (Å²) in [6, 6.07) is 16.6. The summed E-state index contributed by atoms with van der Waals surface area (Å²) in [4.78, 5) is 4.50. The van der Waals surface area contributed by atoms with Gasteiger partial charge in [0.25, 0.3) is 0 Å². The minimum atomic E-state index is -3.69. The molecule has 0 unspecified atom stereocenters. The van der Waals surface area contributed by atoms with E-state index in [1.54, 1.807) is 58.9 Å². The molecule has 0 amide bonds. The smallest absolute Gasteiger partial charge is 0.240 e. The Morgan fingerprint density at radius 2 is 1.73 bits per heavy atom. The second-order valence-electron chi connectivity index (χ2n) is 8.40. The molecule has 0 aliphatic heterocycles. The van der Waals surface area contributed by atoms with Gasteiger partial charge in [0, 0.05) is 16.8 Å². The fourth-order valence-electron chi connectivity index (χ4n) is 4.19. The lowest BCUT2D eigenvalue weighted by Crippen LogP contribution is -2.18. The number of benzene rings is 3. The van der Waals surface area contributed by atoms with Gasteiger partial charge in [0.15, 0.2) is 0 Å². The van der Waals surface area contributed by atoms with Crippen LogP contribution in [0.1, 0.15) is 11.5 Å². The van der Waals surface area contributed by atoms with Crippen LogP contribution in [0.5, 0.6) is 0 Å². The van der Waals surface area contributed by atoms with Crippen LogP contribution < -0.4 is 4.72 Å². The zero-order chi connectivity index (χ0) is 26.3. The highest BCUT2D eigenvalue weighted by Crippen LogP contribution is 2.34. The predicted octanol–water partition coefficient (Wildman–Crippen LogP) is 5.10. The van der Waals surface area contributed by atoms with E-state index in [9.17, 15) is 8.42 Å². The van der Waals surface area contributed by atoms with Crippen molar-refractivity contribution in [2.24, 2.45) is 0 Å². The Morgan fingerprint density at radius 3 is 2.41 bits per heavy atom. The van der Waals surface area contributed by atoms with Gasteiger partial charge >= 0.3 is 0 Å². The third kappa shape index (κ3) is 4.66. The topological polar surface area (TPSA) is 94.7 Å². The van der Waals surface area contributed by atoms with Gasteiger partial charge < -0.3 is 0 Å². The average Bonchev–Trinajstić information content (AvgIpc) is 3.50. The molecule has 2 heterocycles. The first-order chi connectivity index (χ1) is 17.7. The van der Waals surface area contributed by atoms with Gasteiger partial charge in [0.2, 0.25) is 10.0 Å². The van der Waals surface area contributed by atoms with Gasteiger partial charge in [-0.05, 0) is 68.4 Å². The molecular weight excluding hydrogens is 515 g/mol. The Kier molecular flexibility index (Phi) is 6.40. The van der Waals surface area contributed by atoms with Crippen molar-refractivity contribution < 1.29 is 12.8 Å². The van der Waals surface area contributed by atoms with Gasteiger partial charge in [-0.25, -0.2) is 27.2 Å². The van der Waals surface area contributed by atoms with Gasteiger partial charge in [-0.3, -0.25) is 4.57 Å². The van der Waals surface area contributed by atoms with Gasteiger partial charge in [0.1, 0.15) is 17.3 Å². The third-order valence-electron chi connectivity index (χ3n) is 5.95. The van der Waals surface area contributed by atoms with Gasteiger partial charge in [-0.1, -0.05) is 41.1 Å². The number of hydrogen-bond acceptors (Lipinski definition) is 5. The molecule has 0 fully saturated rings. The van der Waals surface area contributed by atoms with E-state index in [1.165, 1.54) is 25.2 Å². The Hall–Kier alpha value is -3.86. The Bertz CT molecular complexity index is 1730. The third-order valence-corrected chi connectivity index (χ3v) is 7.61. The second-order valence-corrected chi connectivity index (χ2v) is 10.7. The van der Waals surface area contributed by atoms with Crippen LogP contribution in [0.4, 0.5) is 4.39 Å². The molecular formula is C26H22ClFN6O2S. The van der Waals surface area contributed by atoms with E-state index < -0.39 is 15.8 Å². The Balaban J connectivity index is 1.77. The summed E-state index contributed by atoms with van der Waals surface area (Å²) in [6.07, 6.45) is 3.33. The predicted molar refractivity (Wildman–Crippen MR) is 140 cm³/mol. The molecule has 1 N–H and O–H groups in total. The molecule has 0 spiro atoms. The van der Waals surface area contributed by atoms with Crippen molar-refractivity contribution in [2.75, 3.05) is 7.05 Å². The van der Waals surface area contributed by atoms with Gasteiger partial charge in [-0.15, -0.1) is 5.10 Å². The molecule has 37 heavy (non-hydrogen) atoms. The SMILES string of the molecule is CNS(=O)(=O)c1cccc(-c2cc(F)c(-n3cc(C)nc3C)c(-n3nncc3-c3ccc(Cl)cc3)c2)c1. The van der Waals surface area contributed by atoms with Crippen molar-refractivity contribution in [2.45, 2.75) is 18.7 Å². The largest absolute Gasteiger partial charge is 0.299 e. The number of halogens is 2. The number of nitrogens with one attached hydrogen (secondary N) is 1. The van der Waals surface area contributed by atoms with E-state index in [1.807, 2.05) is 19.1 Å². The molecule has 0 saturated heterocycles. The number of imidazole rings is 1. The quantitative estimate of drug-likeness (QED) is 0.325. The number of rotatable bonds is 6. The molecule has 3 aromatic carbocycles. The minimum absolute atomic E-state index is 0.0715. The highest BCUT2D eigenvalue weighted by Gasteiger charge is 2.21. The number of sulfonamides is 1. The van der Waals surface area contributed by atoms with Crippen LogP contribution in [0.25, 0.3) is 33.8 Å². The maximum absolute atomic E-state index is 16.0. The molecule has 5 aromatic rings. The fourth-order valence-corrected chi connectivity index (χ4v) is 5.09. The fraction of sp³-hybridized carbons (Fsp3) is 0.115. The number of nitrogens with zero attached hydrogens (tertiary/aromatic N) is 5. The molecule has 0 saturated carbocycles. The molecule has 5 rings (SSSR count). The number of hydrogen-bond donors (Lipinski definition) is 1. The van der Waals surface area contributed by atoms with E-state index in [2.05, 4.69) is 20.0 Å². The Labute approximate surface area is 218 Å². The molecule has 0 atom stereocenters. The van der Waals surface area contributed by atoms with Crippen molar-refractivity contribution in [3.05, 3.63) is 95.4 Å². The molecule has 0 aliphatic carbocycles. The maximum atomic E-state index is 16.0. The summed E-state index contributed by atoms with van der Waals surface area (Å²) in [7, 11) is -2.35. The summed E-state index contributed by atoms with van der Waals surface area (Å²) in [5, 5.41) is 8.96. The van der Waals surface area contributed by atoms with E-state index in [-0.39, 0.29) is 10.6 Å². The van der Waals surface area contributed by atoms with Crippen molar-refractivity contribution in [1.82, 2.24) is 29.3 Å². The summed E-state index contributed by atoms with van der Waals surface area (Å²) in [5.41, 5.74) is 3.77.